The van der Waals surface area contributed by atoms with Gasteiger partial charge in [0.25, 0.3) is 5.91 Å². The van der Waals surface area contributed by atoms with Crippen LogP contribution in [0.1, 0.15) is 10.4 Å². The number of para-hydroxylation sites is 1. The van der Waals surface area contributed by atoms with Crippen LogP contribution in [0.15, 0.2) is 42.5 Å². The number of quaternary nitrogens is 1. The third-order valence-corrected chi connectivity index (χ3v) is 5.47. The maximum Gasteiger partial charge on any atom is 0.437 e. The number of carbonyl (C=O) groups excluding carboxylic acids is 1. The molecule has 0 heterocycles. The maximum absolute atomic E-state index is 12.3. The number of carbonyl (C=O) groups is 1. The Bertz CT molecular complexity index is 898. The molecule has 0 aliphatic rings. The number of nitrogens with zero attached hydrogens (tertiary/aromatic N) is 1. The molecule has 0 saturated heterocycles. The van der Waals surface area contributed by atoms with Crippen molar-refractivity contribution in [3.05, 3.63) is 58.1 Å². The molecule has 0 bridgehead atoms. The third kappa shape index (κ3) is 3.71. The first-order chi connectivity index (χ1) is 11.0. The molecule has 2 aromatic carbocycles. The van der Waals surface area contributed by atoms with E-state index >= 15 is 0 Å². The van der Waals surface area contributed by atoms with Gasteiger partial charge in [-0.15, -0.1) is 8.42 Å². The normalized spacial score (nSPS) is 12.0. The summed E-state index contributed by atoms with van der Waals surface area (Å²) in [4.78, 5) is 12.3. The maximum atomic E-state index is 12.3. The summed E-state index contributed by atoms with van der Waals surface area (Å²) in [7, 11) is -1.90. The zero-order chi connectivity index (χ0) is 18.1. The van der Waals surface area contributed by atoms with Crippen molar-refractivity contribution in [2.24, 2.45) is 0 Å². The molecule has 9 heteroatoms. The van der Waals surface area contributed by atoms with E-state index in [1.165, 1.54) is 32.3 Å². The Balaban J connectivity index is 2.33. The molecular weight excluding hydrogens is 375 g/mol. The van der Waals surface area contributed by atoms with Crippen LogP contribution in [0.25, 0.3) is 0 Å². The third-order valence-electron chi connectivity index (χ3n) is 3.49. The molecule has 0 atom stereocenters. The Kier molecular flexibility index (Phi) is 5.22. The van der Waals surface area contributed by atoms with E-state index in [4.69, 9.17) is 23.2 Å². The van der Waals surface area contributed by atoms with Crippen molar-refractivity contribution in [2.45, 2.75) is 0 Å². The lowest BCUT2D eigenvalue weighted by atomic mass is 10.1. The molecule has 2 rings (SSSR count). The Morgan fingerprint density at radius 1 is 1.08 bits per heavy atom. The fraction of sp³-hybridized carbons (Fsp3) is 0.133. The van der Waals surface area contributed by atoms with Gasteiger partial charge >= 0.3 is 10.3 Å². The van der Waals surface area contributed by atoms with Gasteiger partial charge in [0.1, 0.15) is 5.02 Å². The lowest BCUT2D eigenvalue weighted by Gasteiger charge is -2.25. The van der Waals surface area contributed by atoms with Crippen molar-refractivity contribution in [3.8, 4) is 0 Å². The average Bonchev–Trinajstić information content (AvgIpc) is 2.48. The highest BCUT2D eigenvalue weighted by Gasteiger charge is 2.36. The fourth-order valence-electron chi connectivity index (χ4n) is 1.97. The molecule has 0 aromatic heterocycles. The lowest BCUT2D eigenvalue weighted by molar-refractivity contribution is 0.102. The number of hydrogen-bond donors (Lipinski definition) is 2. The first-order valence-electron chi connectivity index (χ1n) is 6.71. The van der Waals surface area contributed by atoms with Gasteiger partial charge in [0.05, 0.1) is 24.8 Å². The minimum absolute atomic E-state index is 0.0319. The van der Waals surface area contributed by atoms with E-state index in [-0.39, 0.29) is 16.3 Å². The summed E-state index contributed by atoms with van der Waals surface area (Å²) in [5.41, 5.74) is 0.797. The van der Waals surface area contributed by atoms with Crippen LogP contribution in [0, 0.1) is 0 Å². The average molecular weight is 390 g/mol. The van der Waals surface area contributed by atoms with E-state index in [9.17, 15) is 17.8 Å². The van der Waals surface area contributed by atoms with E-state index in [0.717, 1.165) is 0 Å². The van der Waals surface area contributed by atoms with Crippen LogP contribution in [0.3, 0.4) is 0 Å². The summed E-state index contributed by atoms with van der Waals surface area (Å²) >= 11 is 12.1. The summed E-state index contributed by atoms with van der Waals surface area (Å²) in [5, 5.41) is 3.06. The van der Waals surface area contributed by atoms with Gasteiger partial charge in [0, 0.05) is 11.6 Å². The molecule has 6 nitrogen and oxygen atoms in total. The quantitative estimate of drug-likeness (QED) is 0.617. The Morgan fingerprint density at radius 2 is 1.71 bits per heavy atom. The molecular formula is C15H15Cl2N2O4S+. The highest BCUT2D eigenvalue weighted by Crippen LogP contribution is 2.32. The fourth-order valence-corrected chi connectivity index (χ4v) is 3.00. The van der Waals surface area contributed by atoms with Crippen molar-refractivity contribution in [3.63, 3.8) is 0 Å². The molecule has 0 aliphatic heterocycles. The van der Waals surface area contributed by atoms with Crippen LogP contribution in [0.5, 0.6) is 0 Å². The molecule has 1 amide bonds. The zero-order valence-electron chi connectivity index (χ0n) is 12.8. The highest BCUT2D eigenvalue weighted by molar-refractivity contribution is 7.85. The number of halogens is 2. The minimum atomic E-state index is -4.43. The van der Waals surface area contributed by atoms with Crippen LogP contribution in [-0.4, -0.2) is 33.0 Å². The molecule has 24 heavy (non-hydrogen) atoms. The second kappa shape index (κ2) is 6.70. The van der Waals surface area contributed by atoms with Crippen molar-refractivity contribution < 1.29 is 17.8 Å². The number of hydrogen-bond acceptors (Lipinski definition) is 3. The first-order valence-corrected chi connectivity index (χ1v) is 8.87. The molecule has 0 spiro atoms. The van der Waals surface area contributed by atoms with Gasteiger partial charge in [0.15, 0.2) is 5.69 Å². The van der Waals surface area contributed by atoms with Crippen molar-refractivity contribution in [2.75, 3.05) is 19.4 Å². The molecule has 0 radical (unpaired) electrons. The molecule has 128 valence electrons. The topological polar surface area (TPSA) is 83.5 Å². The predicted molar refractivity (Wildman–Crippen MR) is 96.0 cm³/mol. The number of rotatable bonds is 4. The summed E-state index contributed by atoms with van der Waals surface area (Å²) < 4.78 is 31.4. The molecule has 0 saturated carbocycles. The summed E-state index contributed by atoms with van der Waals surface area (Å²) in [6.45, 7) is 0. The number of benzene rings is 2. The molecule has 0 unspecified atom stereocenters. The van der Waals surface area contributed by atoms with E-state index in [0.29, 0.717) is 10.7 Å². The van der Waals surface area contributed by atoms with Gasteiger partial charge in [-0.2, -0.15) is 3.89 Å². The van der Waals surface area contributed by atoms with Gasteiger partial charge in [0.2, 0.25) is 0 Å². The number of amides is 1. The monoisotopic (exact) mass is 389 g/mol. The van der Waals surface area contributed by atoms with Gasteiger partial charge < -0.3 is 5.32 Å². The molecule has 2 N–H and O–H groups in total. The summed E-state index contributed by atoms with van der Waals surface area (Å²) in [5.74, 6) is -0.450. The van der Waals surface area contributed by atoms with Crippen molar-refractivity contribution >= 4 is 50.8 Å². The molecule has 0 aliphatic carbocycles. The van der Waals surface area contributed by atoms with Gasteiger partial charge in [-0.1, -0.05) is 35.3 Å². The SMILES string of the molecule is C[N+](C)(c1ccc(C(=O)Nc2ccccc2Cl)cc1Cl)S(=O)(=O)O. The zero-order valence-corrected chi connectivity index (χ0v) is 15.2. The van der Waals surface area contributed by atoms with Crippen molar-refractivity contribution in [1.82, 2.24) is 3.89 Å². The van der Waals surface area contributed by atoms with Crippen molar-refractivity contribution in [1.29, 1.82) is 0 Å². The highest BCUT2D eigenvalue weighted by atomic mass is 35.5. The van der Waals surface area contributed by atoms with Gasteiger partial charge in [-0.3, -0.25) is 4.79 Å². The largest absolute Gasteiger partial charge is 0.437 e. The van der Waals surface area contributed by atoms with E-state index < -0.39 is 20.1 Å². The molecule has 2 aromatic rings. The van der Waals surface area contributed by atoms with E-state index in [2.05, 4.69) is 5.32 Å². The van der Waals surface area contributed by atoms with Gasteiger partial charge in [-0.05, 0) is 24.3 Å². The number of anilines is 1. The summed E-state index contributed by atoms with van der Waals surface area (Å²) in [6.07, 6.45) is 0. The Hall–Kier alpha value is -1.64. The van der Waals surface area contributed by atoms with Crippen LogP contribution >= 0.6 is 23.2 Å². The summed E-state index contributed by atoms with van der Waals surface area (Å²) in [6, 6.07) is 10.9. The molecule has 0 fully saturated rings. The van der Waals surface area contributed by atoms with Crippen LogP contribution in [0.4, 0.5) is 11.4 Å². The Morgan fingerprint density at radius 3 is 2.25 bits per heavy atom. The minimum Gasteiger partial charge on any atom is -0.321 e. The second-order valence-electron chi connectivity index (χ2n) is 5.40. The van der Waals surface area contributed by atoms with Crippen LogP contribution in [-0.2, 0) is 10.3 Å². The standard InChI is InChI=1S/C15H14Cl2N2O4S/c1-19(2,24(21,22)23)14-8-7-10(9-12(14)17)15(20)18-13-6-4-3-5-11(13)16/h3-9H,1-2H3,(H-,18,20,21,22,23)/p+1. The second-order valence-corrected chi connectivity index (χ2v) is 8.02. The number of nitrogens with one attached hydrogen (secondary N) is 1. The Labute approximate surface area is 150 Å². The van der Waals surface area contributed by atoms with Gasteiger partial charge in [-0.25, -0.2) is 4.55 Å². The van der Waals surface area contributed by atoms with Crippen LogP contribution < -0.4 is 9.21 Å². The lowest BCUT2D eigenvalue weighted by Crippen LogP contribution is -2.46. The van der Waals surface area contributed by atoms with E-state index in [1.807, 2.05) is 0 Å². The first kappa shape index (κ1) is 18.7. The smallest absolute Gasteiger partial charge is 0.321 e. The van der Waals surface area contributed by atoms with Crippen LogP contribution in [0.2, 0.25) is 10.0 Å². The predicted octanol–water partition coefficient (Wildman–Crippen LogP) is 3.62. The van der Waals surface area contributed by atoms with E-state index in [1.54, 1.807) is 24.3 Å².